The number of amides is 1. The number of aliphatic hydroxyl groups is 1. The molecule has 7 heteroatoms. The van der Waals surface area contributed by atoms with Gasteiger partial charge in [-0.1, -0.05) is 18.2 Å². The van der Waals surface area contributed by atoms with Crippen LogP contribution in [0, 0.1) is 11.6 Å². The summed E-state index contributed by atoms with van der Waals surface area (Å²) in [5.41, 5.74) is 3.07. The molecule has 2 heterocycles. The Morgan fingerprint density at radius 1 is 1.16 bits per heavy atom. The molecule has 2 unspecified atom stereocenters. The second-order valence-electron chi connectivity index (χ2n) is 8.07. The smallest absolute Gasteiger partial charge is 0.272 e. The number of hydrogen-bond acceptors (Lipinski definition) is 3. The quantitative estimate of drug-likeness (QED) is 0.650. The van der Waals surface area contributed by atoms with Gasteiger partial charge in [0.2, 0.25) is 0 Å². The molecule has 2 N–H and O–H groups in total. The van der Waals surface area contributed by atoms with Crippen molar-refractivity contribution in [2.24, 2.45) is 4.99 Å². The second kappa shape index (κ2) is 8.16. The Morgan fingerprint density at radius 2 is 2.00 bits per heavy atom. The topological polar surface area (TPSA) is 66.6 Å². The molecule has 0 saturated heterocycles. The van der Waals surface area contributed by atoms with E-state index in [1.54, 1.807) is 35.0 Å². The van der Waals surface area contributed by atoms with Crippen LogP contribution in [0.25, 0.3) is 10.9 Å². The van der Waals surface area contributed by atoms with Crippen LogP contribution in [0.15, 0.2) is 76.9 Å². The van der Waals surface area contributed by atoms with Gasteiger partial charge in [-0.2, -0.15) is 0 Å². The van der Waals surface area contributed by atoms with E-state index in [4.69, 9.17) is 0 Å². The van der Waals surface area contributed by atoms with E-state index < -0.39 is 11.9 Å². The Labute approximate surface area is 183 Å². The number of fused-ring (bicyclic) bond motifs is 2. The number of nitrogens with zero attached hydrogens (tertiary/aromatic N) is 2. The maximum Gasteiger partial charge on any atom is 0.272 e. The second-order valence-corrected chi connectivity index (χ2v) is 8.07. The molecule has 32 heavy (non-hydrogen) atoms. The lowest BCUT2D eigenvalue weighted by Crippen LogP contribution is -2.33. The van der Waals surface area contributed by atoms with Gasteiger partial charge in [0, 0.05) is 23.7 Å². The van der Waals surface area contributed by atoms with E-state index in [1.807, 2.05) is 12.2 Å². The van der Waals surface area contributed by atoms with Crippen molar-refractivity contribution in [1.82, 2.24) is 9.88 Å². The van der Waals surface area contributed by atoms with E-state index in [0.717, 1.165) is 12.0 Å². The Balaban J connectivity index is 1.48. The summed E-state index contributed by atoms with van der Waals surface area (Å²) in [4.78, 5) is 17.6. The summed E-state index contributed by atoms with van der Waals surface area (Å²) in [7, 11) is 0. The molecule has 0 saturated carbocycles. The number of dihydropyridines is 1. The number of carbonyl (C=O) groups excluding carboxylic acids is 1. The number of halogens is 2. The Morgan fingerprint density at radius 3 is 2.84 bits per heavy atom. The molecule has 3 aromatic rings. The Hall–Kier alpha value is -3.58. The van der Waals surface area contributed by atoms with Gasteiger partial charge in [-0.15, -0.1) is 0 Å². The van der Waals surface area contributed by atoms with Gasteiger partial charge in [0.25, 0.3) is 5.91 Å². The van der Waals surface area contributed by atoms with Gasteiger partial charge in [0.05, 0.1) is 11.8 Å². The molecule has 0 radical (unpaired) electrons. The van der Waals surface area contributed by atoms with E-state index >= 15 is 0 Å². The summed E-state index contributed by atoms with van der Waals surface area (Å²) < 4.78 is 29.3. The van der Waals surface area contributed by atoms with Gasteiger partial charge in [0.1, 0.15) is 23.4 Å². The zero-order chi connectivity index (χ0) is 22.2. The van der Waals surface area contributed by atoms with Crippen molar-refractivity contribution in [2.75, 3.05) is 0 Å². The highest BCUT2D eigenvalue weighted by molar-refractivity contribution is 6.02. The summed E-state index contributed by atoms with van der Waals surface area (Å²) in [6.07, 6.45) is 6.28. The normalized spacial score (nSPS) is 20.0. The summed E-state index contributed by atoms with van der Waals surface area (Å²) in [5.74, 6) is -1.15. The van der Waals surface area contributed by atoms with Gasteiger partial charge >= 0.3 is 0 Å². The van der Waals surface area contributed by atoms with Crippen molar-refractivity contribution in [1.29, 1.82) is 0 Å². The molecule has 162 valence electrons. The van der Waals surface area contributed by atoms with E-state index in [-0.39, 0.29) is 24.3 Å². The van der Waals surface area contributed by atoms with Crippen LogP contribution >= 0.6 is 0 Å². The van der Waals surface area contributed by atoms with E-state index in [0.29, 0.717) is 34.3 Å². The number of aliphatic imine (C=N–C) groups is 1. The highest BCUT2D eigenvalue weighted by Crippen LogP contribution is 2.27. The number of allylic oxidation sites excluding steroid dienone is 2. The third kappa shape index (κ3) is 3.87. The van der Waals surface area contributed by atoms with Gasteiger partial charge in [-0.25, -0.2) is 8.78 Å². The lowest BCUT2D eigenvalue weighted by atomic mass is 9.90. The molecule has 2 aliphatic rings. The van der Waals surface area contributed by atoms with Crippen LogP contribution in [0.3, 0.4) is 0 Å². The third-order valence-electron chi connectivity index (χ3n) is 5.83. The van der Waals surface area contributed by atoms with Crippen LogP contribution in [0.2, 0.25) is 0 Å². The number of hydrogen-bond donors (Lipinski definition) is 2. The summed E-state index contributed by atoms with van der Waals surface area (Å²) >= 11 is 0. The zero-order valence-electron chi connectivity index (χ0n) is 17.1. The van der Waals surface area contributed by atoms with Crippen LogP contribution in [-0.4, -0.2) is 33.9 Å². The maximum atomic E-state index is 13.8. The maximum absolute atomic E-state index is 13.8. The SMILES string of the molecule is O=C(NC1=CC2=CCCC(O)C2N=C1)c1cc2cc(F)ccc2n1Cc1cccc(F)c1. The number of nitrogens with one attached hydrogen (secondary N) is 1. The number of aliphatic hydroxyl groups excluding tert-OH is 1. The molecule has 2 atom stereocenters. The molecule has 0 fully saturated rings. The van der Waals surface area contributed by atoms with Crippen molar-refractivity contribution in [3.63, 3.8) is 0 Å². The zero-order valence-corrected chi connectivity index (χ0v) is 17.1. The van der Waals surface area contributed by atoms with Gasteiger partial charge in [-0.3, -0.25) is 9.79 Å². The van der Waals surface area contributed by atoms with Crippen molar-refractivity contribution in [3.8, 4) is 0 Å². The molecule has 1 amide bonds. The number of aromatic nitrogens is 1. The van der Waals surface area contributed by atoms with Crippen molar-refractivity contribution < 1.29 is 18.7 Å². The van der Waals surface area contributed by atoms with Crippen molar-refractivity contribution in [2.45, 2.75) is 31.5 Å². The lowest BCUT2D eigenvalue weighted by molar-refractivity contribution is 0.0959. The van der Waals surface area contributed by atoms with E-state index in [9.17, 15) is 18.7 Å². The summed E-state index contributed by atoms with van der Waals surface area (Å²) in [6, 6.07) is 11.8. The molecule has 1 aromatic heterocycles. The molecular weight excluding hydrogens is 412 g/mol. The molecule has 0 spiro atoms. The Kier molecular flexibility index (Phi) is 5.19. The van der Waals surface area contributed by atoms with Gasteiger partial charge < -0.3 is 15.0 Å². The minimum absolute atomic E-state index is 0.252. The first-order valence-corrected chi connectivity index (χ1v) is 10.5. The largest absolute Gasteiger partial charge is 0.391 e. The van der Waals surface area contributed by atoms with Crippen LogP contribution in [0.1, 0.15) is 28.9 Å². The summed E-state index contributed by atoms with van der Waals surface area (Å²) in [5, 5.41) is 13.6. The van der Waals surface area contributed by atoms with Crippen molar-refractivity contribution >= 4 is 23.0 Å². The standard InChI is InChI=1S/C25H21F2N3O2/c26-18-5-1-3-15(9-18)14-30-21-8-7-19(27)10-17(21)12-22(30)25(32)29-20-11-16-4-2-6-23(31)24(16)28-13-20/h1,3-5,7-13,23-24,31H,2,6,14H2,(H,29,32). The molecule has 5 nitrogen and oxygen atoms in total. The fourth-order valence-electron chi connectivity index (χ4n) is 4.31. The first-order chi connectivity index (χ1) is 15.5. The highest BCUT2D eigenvalue weighted by Gasteiger charge is 2.27. The molecule has 1 aliphatic heterocycles. The Bertz CT molecular complexity index is 1310. The van der Waals surface area contributed by atoms with Crippen molar-refractivity contribution in [3.05, 3.63) is 94.8 Å². The fourth-order valence-corrected chi connectivity index (χ4v) is 4.31. The molecule has 5 rings (SSSR count). The van der Waals surface area contributed by atoms with E-state index in [2.05, 4.69) is 10.3 Å². The van der Waals surface area contributed by atoms with Crippen LogP contribution < -0.4 is 5.32 Å². The van der Waals surface area contributed by atoms with Crippen LogP contribution in [-0.2, 0) is 6.54 Å². The minimum atomic E-state index is -0.525. The predicted molar refractivity (Wildman–Crippen MR) is 119 cm³/mol. The third-order valence-corrected chi connectivity index (χ3v) is 5.83. The highest BCUT2D eigenvalue weighted by atomic mass is 19.1. The summed E-state index contributed by atoms with van der Waals surface area (Å²) in [6.45, 7) is 0.252. The predicted octanol–water partition coefficient (Wildman–Crippen LogP) is 4.12. The average Bonchev–Trinajstić information content (AvgIpc) is 3.11. The molecular formula is C25H21F2N3O2. The lowest BCUT2D eigenvalue weighted by Gasteiger charge is -2.27. The number of carbonyl (C=O) groups is 1. The van der Waals surface area contributed by atoms with Crippen LogP contribution in [0.4, 0.5) is 8.78 Å². The molecule has 2 aromatic carbocycles. The minimum Gasteiger partial charge on any atom is -0.391 e. The van der Waals surface area contributed by atoms with E-state index in [1.165, 1.54) is 24.3 Å². The fraction of sp³-hybridized carbons (Fsp3) is 0.200. The van der Waals surface area contributed by atoms with Crippen LogP contribution in [0.5, 0.6) is 0 Å². The average molecular weight is 433 g/mol. The molecule has 1 aliphatic carbocycles. The first kappa shape index (κ1) is 20.3. The number of benzene rings is 2. The molecule has 0 bridgehead atoms. The van der Waals surface area contributed by atoms with Gasteiger partial charge in [-0.05, 0) is 66.5 Å². The monoisotopic (exact) mass is 433 g/mol. The number of rotatable bonds is 4. The van der Waals surface area contributed by atoms with Gasteiger partial charge in [0.15, 0.2) is 0 Å². The first-order valence-electron chi connectivity index (χ1n) is 10.5.